The van der Waals surface area contributed by atoms with Crippen molar-refractivity contribution in [3.63, 3.8) is 0 Å². The summed E-state index contributed by atoms with van der Waals surface area (Å²) in [5.41, 5.74) is 7.57. The number of nitrogens with zero attached hydrogens (tertiary/aromatic N) is 2. The molecule has 1 aromatic rings. The zero-order valence-electron chi connectivity index (χ0n) is 11.3. The molecule has 0 radical (unpaired) electrons. The average Bonchev–Trinajstić information content (AvgIpc) is 2.42. The second-order valence-electron chi connectivity index (χ2n) is 4.91. The highest BCUT2D eigenvalue weighted by molar-refractivity contribution is 5.78. The molecule has 1 fully saturated rings. The normalized spacial score (nSPS) is 15.8. The summed E-state index contributed by atoms with van der Waals surface area (Å²) in [6, 6.07) is 7.75. The average molecular weight is 263 g/mol. The standard InChI is InChI=1S/C14H21N3O2/c1-16(10-12-2-4-13(15)5-3-12)11-14(18)17-6-8-19-9-7-17/h2-5H,6-11,15H2,1H3. The van der Waals surface area contributed by atoms with Crippen molar-refractivity contribution < 1.29 is 9.53 Å². The molecular formula is C14H21N3O2. The van der Waals surface area contributed by atoms with Crippen molar-refractivity contribution in [3.05, 3.63) is 29.8 Å². The van der Waals surface area contributed by atoms with Gasteiger partial charge in [-0.25, -0.2) is 0 Å². The van der Waals surface area contributed by atoms with E-state index in [4.69, 9.17) is 10.5 Å². The number of anilines is 1. The van der Waals surface area contributed by atoms with Crippen LogP contribution < -0.4 is 5.73 Å². The molecule has 0 atom stereocenters. The first-order valence-corrected chi connectivity index (χ1v) is 6.53. The number of likely N-dealkylation sites (N-methyl/N-ethyl adjacent to an activating group) is 1. The molecule has 1 heterocycles. The summed E-state index contributed by atoms with van der Waals surface area (Å²) in [5, 5.41) is 0. The molecule has 5 nitrogen and oxygen atoms in total. The highest BCUT2D eigenvalue weighted by atomic mass is 16.5. The van der Waals surface area contributed by atoms with E-state index in [-0.39, 0.29) is 5.91 Å². The van der Waals surface area contributed by atoms with Gasteiger partial charge in [0.05, 0.1) is 19.8 Å². The van der Waals surface area contributed by atoms with E-state index in [9.17, 15) is 4.79 Å². The largest absolute Gasteiger partial charge is 0.399 e. The first kappa shape index (κ1) is 13.8. The van der Waals surface area contributed by atoms with Gasteiger partial charge in [-0.05, 0) is 24.7 Å². The molecule has 1 aliphatic rings. The molecule has 0 aromatic heterocycles. The molecule has 0 unspecified atom stereocenters. The Hall–Kier alpha value is -1.59. The van der Waals surface area contributed by atoms with E-state index in [0.29, 0.717) is 32.8 Å². The van der Waals surface area contributed by atoms with Crippen molar-refractivity contribution in [2.24, 2.45) is 0 Å². The summed E-state index contributed by atoms with van der Waals surface area (Å²) in [4.78, 5) is 15.9. The molecule has 1 amide bonds. The Labute approximate surface area is 113 Å². The van der Waals surface area contributed by atoms with Crippen LogP contribution in [-0.2, 0) is 16.1 Å². The van der Waals surface area contributed by atoms with Gasteiger partial charge in [0.15, 0.2) is 0 Å². The lowest BCUT2D eigenvalue weighted by molar-refractivity contribution is -0.136. The van der Waals surface area contributed by atoms with E-state index >= 15 is 0 Å². The Kier molecular flexibility index (Phi) is 4.76. The summed E-state index contributed by atoms with van der Waals surface area (Å²) >= 11 is 0. The van der Waals surface area contributed by atoms with Gasteiger partial charge < -0.3 is 15.4 Å². The lowest BCUT2D eigenvalue weighted by Gasteiger charge is -2.28. The maximum Gasteiger partial charge on any atom is 0.236 e. The summed E-state index contributed by atoms with van der Waals surface area (Å²) in [5.74, 6) is 0.168. The zero-order valence-corrected chi connectivity index (χ0v) is 11.3. The SMILES string of the molecule is CN(CC(=O)N1CCOCC1)Cc1ccc(N)cc1. The van der Waals surface area contributed by atoms with Gasteiger partial charge in [-0.3, -0.25) is 9.69 Å². The number of ether oxygens (including phenoxy) is 1. The van der Waals surface area contributed by atoms with Gasteiger partial charge in [0.1, 0.15) is 0 Å². The van der Waals surface area contributed by atoms with Crippen LogP contribution in [0.5, 0.6) is 0 Å². The Morgan fingerprint density at radius 1 is 1.32 bits per heavy atom. The van der Waals surface area contributed by atoms with Crippen LogP contribution in [0.4, 0.5) is 5.69 Å². The fourth-order valence-corrected chi connectivity index (χ4v) is 2.13. The van der Waals surface area contributed by atoms with Crippen LogP contribution in [0.15, 0.2) is 24.3 Å². The van der Waals surface area contributed by atoms with Gasteiger partial charge in [-0.15, -0.1) is 0 Å². The van der Waals surface area contributed by atoms with Gasteiger partial charge >= 0.3 is 0 Å². The maximum atomic E-state index is 12.1. The minimum Gasteiger partial charge on any atom is -0.399 e. The number of nitrogen functional groups attached to an aromatic ring is 1. The second kappa shape index (κ2) is 6.54. The molecule has 0 saturated carbocycles. The molecule has 0 spiro atoms. The monoisotopic (exact) mass is 263 g/mol. The van der Waals surface area contributed by atoms with Crippen molar-refractivity contribution in [2.75, 3.05) is 45.6 Å². The Morgan fingerprint density at radius 3 is 2.58 bits per heavy atom. The molecule has 19 heavy (non-hydrogen) atoms. The van der Waals surface area contributed by atoms with E-state index in [1.165, 1.54) is 0 Å². The van der Waals surface area contributed by atoms with Crippen LogP contribution in [0.2, 0.25) is 0 Å². The predicted octanol–water partition coefficient (Wildman–Crippen LogP) is 0.559. The third kappa shape index (κ3) is 4.22. The van der Waals surface area contributed by atoms with E-state index in [2.05, 4.69) is 0 Å². The van der Waals surface area contributed by atoms with Crippen molar-refractivity contribution >= 4 is 11.6 Å². The van der Waals surface area contributed by atoms with E-state index in [0.717, 1.165) is 17.8 Å². The number of nitrogens with two attached hydrogens (primary N) is 1. The van der Waals surface area contributed by atoms with E-state index in [1.54, 1.807) is 0 Å². The molecule has 1 aliphatic heterocycles. The fourth-order valence-electron chi connectivity index (χ4n) is 2.13. The lowest BCUT2D eigenvalue weighted by atomic mass is 10.2. The number of rotatable bonds is 4. The molecule has 1 saturated heterocycles. The van der Waals surface area contributed by atoms with Crippen LogP contribution in [0.3, 0.4) is 0 Å². The third-order valence-electron chi connectivity index (χ3n) is 3.20. The number of morpholine rings is 1. The van der Waals surface area contributed by atoms with Gasteiger partial charge in [-0.1, -0.05) is 12.1 Å². The summed E-state index contributed by atoms with van der Waals surface area (Å²) in [7, 11) is 1.95. The number of hydrogen-bond donors (Lipinski definition) is 1. The van der Waals surface area contributed by atoms with Crippen molar-refractivity contribution in [1.82, 2.24) is 9.80 Å². The number of benzene rings is 1. The highest BCUT2D eigenvalue weighted by Gasteiger charge is 2.17. The molecule has 0 bridgehead atoms. The Morgan fingerprint density at radius 2 is 1.95 bits per heavy atom. The minimum absolute atomic E-state index is 0.168. The third-order valence-corrected chi connectivity index (χ3v) is 3.20. The first-order valence-electron chi connectivity index (χ1n) is 6.53. The molecule has 0 aliphatic carbocycles. The van der Waals surface area contributed by atoms with Crippen LogP contribution in [-0.4, -0.2) is 55.6 Å². The predicted molar refractivity (Wildman–Crippen MR) is 74.6 cm³/mol. The number of carbonyl (C=O) groups excluding carboxylic acids is 1. The fraction of sp³-hybridized carbons (Fsp3) is 0.500. The number of carbonyl (C=O) groups is 1. The summed E-state index contributed by atoms with van der Waals surface area (Å²) in [6.07, 6.45) is 0. The van der Waals surface area contributed by atoms with E-state index in [1.807, 2.05) is 41.1 Å². The smallest absolute Gasteiger partial charge is 0.236 e. The lowest BCUT2D eigenvalue weighted by Crippen LogP contribution is -2.44. The first-order chi connectivity index (χ1) is 9.15. The van der Waals surface area contributed by atoms with Crippen LogP contribution in [0, 0.1) is 0 Å². The minimum atomic E-state index is 0.168. The zero-order chi connectivity index (χ0) is 13.7. The van der Waals surface area contributed by atoms with Crippen LogP contribution >= 0.6 is 0 Å². The molecule has 104 valence electrons. The van der Waals surface area contributed by atoms with Crippen molar-refractivity contribution in [3.8, 4) is 0 Å². The molecule has 5 heteroatoms. The van der Waals surface area contributed by atoms with E-state index < -0.39 is 0 Å². The Bertz CT molecular complexity index is 413. The quantitative estimate of drug-likeness (QED) is 0.806. The summed E-state index contributed by atoms with van der Waals surface area (Å²) < 4.78 is 5.24. The van der Waals surface area contributed by atoms with Crippen LogP contribution in [0.25, 0.3) is 0 Å². The number of hydrogen-bond acceptors (Lipinski definition) is 4. The van der Waals surface area contributed by atoms with Gasteiger partial charge in [-0.2, -0.15) is 0 Å². The van der Waals surface area contributed by atoms with Gasteiger partial charge in [0.2, 0.25) is 5.91 Å². The van der Waals surface area contributed by atoms with Crippen molar-refractivity contribution in [1.29, 1.82) is 0 Å². The molecule has 2 N–H and O–H groups in total. The number of amides is 1. The Balaban J connectivity index is 1.81. The highest BCUT2D eigenvalue weighted by Crippen LogP contribution is 2.08. The molecular weight excluding hydrogens is 242 g/mol. The maximum absolute atomic E-state index is 12.1. The molecule has 2 rings (SSSR count). The van der Waals surface area contributed by atoms with Crippen molar-refractivity contribution in [2.45, 2.75) is 6.54 Å². The van der Waals surface area contributed by atoms with Gasteiger partial charge in [0, 0.05) is 25.3 Å². The van der Waals surface area contributed by atoms with Gasteiger partial charge in [0.25, 0.3) is 0 Å². The van der Waals surface area contributed by atoms with Crippen LogP contribution in [0.1, 0.15) is 5.56 Å². The summed E-state index contributed by atoms with van der Waals surface area (Å²) in [6.45, 7) is 3.88. The molecule has 1 aromatic carbocycles. The second-order valence-corrected chi connectivity index (χ2v) is 4.91. The topological polar surface area (TPSA) is 58.8 Å².